The van der Waals surface area contributed by atoms with Crippen molar-refractivity contribution in [2.75, 3.05) is 14.2 Å². The highest BCUT2D eigenvalue weighted by Gasteiger charge is 2.42. The fourth-order valence-corrected chi connectivity index (χ4v) is 6.65. The van der Waals surface area contributed by atoms with E-state index in [1.54, 1.807) is 14.2 Å². The number of hydrogen-bond donors (Lipinski definition) is 0. The fraction of sp³-hybridized carbons (Fsp3) is 0.211. The topological polar surface area (TPSA) is 70.8 Å². The molecule has 1 aliphatic rings. The van der Waals surface area contributed by atoms with Crippen LogP contribution >= 0.6 is 0 Å². The number of fused-ring (bicyclic) bond motifs is 1. The van der Waals surface area contributed by atoms with Crippen molar-refractivity contribution in [1.82, 2.24) is 0 Å². The van der Waals surface area contributed by atoms with E-state index in [1.807, 2.05) is 91.0 Å². The molecule has 5 aromatic rings. The Balaban J connectivity index is 1.49. The number of methoxy groups -OCH3 is 2. The number of rotatable bonds is 10. The first-order valence-corrected chi connectivity index (χ1v) is 14.8. The van der Waals surface area contributed by atoms with Crippen LogP contribution in [-0.2, 0) is 23.4 Å². The summed E-state index contributed by atoms with van der Waals surface area (Å²) in [6, 6.07) is 41.7. The van der Waals surface area contributed by atoms with Gasteiger partial charge >= 0.3 is 0 Å². The van der Waals surface area contributed by atoms with Gasteiger partial charge in [-0.05, 0) is 57.5 Å². The predicted octanol–water partition coefficient (Wildman–Crippen LogP) is 7.94. The maximum absolute atomic E-state index is 12.5. The van der Waals surface area contributed by atoms with Gasteiger partial charge in [-0.15, -0.1) is 0 Å². The van der Waals surface area contributed by atoms with Crippen molar-refractivity contribution in [1.29, 1.82) is 0 Å². The largest absolute Gasteiger partial charge is 0.493 e. The first-order chi connectivity index (χ1) is 21.6. The van der Waals surface area contributed by atoms with E-state index >= 15 is 0 Å². The van der Waals surface area contributed by atoms with Gasteiger partial charge in [-0.3, -0.25) is 10.1 Å². The lowest BCUT2D eigenvalue weighted by atomic mass is 9.74. The van der Waals surface area contributed by atoms with Crippen molar-refractivity contribution in [2.24, 2.45) is 0 Å². The number of nitro groups is 1. The summed E-state index contributed by atoms with van der Waals surface area (Å²) < 4.78 is 18.4. The molecule has 0 amide bonds. The van der Waals surface area contributed by atoms with Crippen LogP contribution in [0.25, 0.3) is 0 Å². The Labute approximate surface area is 258 Å². The summed E-state index contributed by atoms with van der Waals surface area (Å²) in [6.45, 7) is 0.235. The van der Waals surface area contributed by atoms with Crippen LogP contribution in [0.3, 0.4) is 0 Å². The average molecular weight is 586 g/mol. The van der Waals surface area contributed by atoms with Gasteiger partial charge in [0.1, 0.15) is 5.60 Å². The highest BCUT2D eigenvalue weighted by molar-refractivity contribution is 5.54. The lowest BCUT2D eigenvalue weighted by Crippen LogP contribution is -2.35. The molecule has 0 spiro atoms. The molecular weight excluding hydrogens is 550 g/mol. The van der Waals surface area contributed by atoms with Crippen LogP contribution < -0.4 is 9.47 Å². The Morgan fingerprint density at radius 3 is 1.73 bits per heavy atom. The van der Waals surface area contributed by atoms with E-state index in [2.05, 4.69) is 36.4 Å². The second kappa shape index (κ2) is 12.7. The quantitative estimate of drug-likeness (QED) is 0.0946. The molecule has 6 nitrogen and oxygen atoms in total. The maximum atomic E-state index is 12.5. The van der Waals surface area contributed by atoms with E-state index in [0.29, 0.717) is 24.3 Å². The second-order valence-electron chi connectivity index (χ2n) is 11.0. The van der Waals surface area contributed by atoms with Crippen LogP contribution in [0.2, 0.25) is 0 Å². The average Bonchev–Trinajstić information content (AvgIpc) is 3.09. The van der Waals surface area contributed by atoms with Crippen LogP contribution in [0.1, 0.15) is 51.3 Å². The number of hydrogen-bond acceptors (Lipinski definition) is 5. The first kappa shape index (κ1) is 29.1. The third-order valence-electron chi connectivity index (χ3n) is 8.72. The van der Waals surface area contributed by atoms with Crippen LogP contribution in [0.4, 0.5) is 0 Å². The molecule has 6 heteroatoms. The third-order valence-corrected chi connectivity index (χ3v) is 8.72. The molecule has 0 radical (unpaired) electrons. The maximum Gasteiger partial charge on any atom is 0.224 e. The first-order valence-electron chi connectivity index (χ1n) is 14.8. The summed E-state index contributed by atoms with van der Waals surface area (Å²) in [7, 11) is 3.20. The monoisotopic (exact) mass is 585 g/mol. The smallest absolute Gasteiger partial charge is 0.224 e. The van der Waals surface area contributed by atoms with Crippen molar-refractivity contribution < 1.29 is 19.1 Å². The Morgan fingerprint density at radius 2 is 1.20 bits per heavy atom. The molecule has 2 atom stereocenters. The molecule has 1 aliphatic carbocycles. The molecular formula is C38H35NO5. The van der Waals surface area contributed by atoms with Gasteiger partial charge in [0.2, 0.25) is 6.04 Å². The molecule has 0 saturated heterocycles. The summed E-state index contributed by atoms with van der Waals surface area (Å²) in [5.41, 5.74) is 5.79. The molecule has 222 valence electrons. The minimum atomic E-state index is -0.916. The van der Waals surface area contributed by atoms with Gasteiger partial charge in [-0.25, -0.2) is 0 Å². The summed E-state index contributed by atoms with van der Waals surface area (Å²) >= 11 is 0. The van der Waals surface area contributed by atoms with Crippen molar-refractivity contribution in [3.63, 3.8) is 0 Å². The van der Waals surface area contributed by atoms with Crippen molar-refractivity contribution in [2.45, 2.75) is 37.0 Å². The van der Waals surface area contributed by atoms with E-state index in [0.717, 1.165) is 38.9 Å². The van der Waals surface area contributed by atoms with Crippen LogP contribution in [-0.4, -0.2) is 25.2 Å². The number of nitrogens with zero attached hydrogens (tertiary/aromatic N) is 1. The van der Waals surface area contributed by atoms with Crippen molar-refractivity contribution in [3.05, 3.63) is 176 Å². The highest BCUT2D eigenvalue weighted by Crippen LogP contribution is 2.45. The van der Waals surface area contributed by atoms with E-state index in [4.69, 9.17) is 14.2 Å². The van der Waals surface area contributed by atoms with Gasteiger partial charge in [0, 0.05) is 11.3 Å². The molecule has 0 aromatic heterocycles. The molecule has 0 aliphatic heterocycles. The van der Waals surface area contributed by atoms with Gasteiger partial charge in [-0.2, -0.15) is 0 Å². The SMILES string of the molecule is COc1cc2c(cc1OC)[C@H](c1ccccc1COC(c1ccccc1)(c1ccccc1)c1ccccc1)[C@H]([N+](=O)[O-])CC2. The van der Waals surface area contributed by atoms with Crippen LogP contribution in [0.15, 0.2) is 127 Å². The molecule has 0 heterocycles. The van der Waals surface area contributed by atoms with Gasteiger partial charge in [0.15, 0.2) is 11.5 Å². The molecule has 44 heavy (non-hydrogen) atoms. The molecule has 5 aromatic carbocycles. The number of benzene rings is 5. The molecule has 0 N–H and O–H groups in total. The van der Waals surface area contributed by atoms with Crippen molar-refractivity contribution in [3.8, 4) is 11.5 Å². The number of ether oxygens (including phenoxy) is 3. The zero-order chi connectivity index (χ0) is 30.5. The van der Waals surface area contributed by atoms with Gasteiger partial charge in [0.05, 0.1) is 26.7 Å². The van der Waals surface area contributed by atoms with E-state index < -0.39 is 17.6 Å². The predicted molar refractivity (Wildman–Crippen MR) is 171 cm³/mol. The zero-order valence-corrected chi connectivity index (χ0v) is 24.9. The molecule has 0 unspecified atom stereocenters. The molecule has 0 bridgehead atoms. The van der Waals surface area contributed by atoms with Gasteiger partial charge in [0.25, 0.3) is 0 Å². The second-order valence-corrected chi connectivity index (χ2v) is 11.0. The van der Waals surface area contributed by atoms with Crippen LogP contribution in [0, 0.1) is 10.1 Å². The normalized spacial score (nSPS) is 16.1. The van der Waals surface area contributed by atoms with E-state index in [-0.39, 0.29) is 11.5 Å². The summed E-state index contributed by atoms with van der Waals surface area (Å²) in [4.78, 5) is 12.4. The van der Waals surface area contributed by atoms with Gasteiger partial charge < -0.3 is 14.2 Å². The van der Waals surface area contributed by atoms with E-state index in [9.17, 15) is 10.1 Å². The minimum absolute atomic E-state index is 0.135. The highest BCUT2D eigenvalue weighted by atomic mass is 16.6. The standard InChI is InChI=1S/C38H35NO5/c1-42-35-24-27-22-23-34(39(40)41)37(33(27)25-36(35)43-2)32-21-13-12-14-28(32)26-44-38(29-15-6-3-7-16-29,30-17-8-4-9-18-30)31-19-10-5-11-20-31/h3-21,24-25,34,37H,22-23,26H2,1-2H3/t34-,37+/m1/s1. The third kappa shape index (κ3) is 5.33. The lowest BCUT2D eigenvalue weighted by Gasteiger charge is -2.37. The number of aryl methyl sites for hydroxylation is 1. The Morgan fingerprint density at radius 1 is 0.705 bits per heavy atom. The van der Waals surface area contributed by atoms with Gasteiger partial charge in [-0.1, -0.05) is 115 Å². The summed E-state index contributed by atoms with van der Waals surface area (Å²) in [5, 5.41) is 12.5. The minimum Gasteiger partial charge on any atom is -0.493 e. The van der Waals surface area contributed by atoms with Crippen molar-refractivity contribution >= 4 is 0 Å². The Hall–Kier alpha value is -4.94. The molecule has 0 fully saturated rings. The fourth-order valence-electron chi connectivity index (χ4n) is 6.65. The lowest BCUT2D eigenvalue weighted by molar-refractivity contribution is -0.526. The molecule has 0 saturated carbocycles. The van der Waals surface area contributed by atoms with Crippen LogP contribution in [0.5, 0.6) is 11.5 Å². The zero-order valence-electron chi connectivity index (χ0n) is 24.9. The Bertz CT molecular complexity index is 1630. The molecule has 6 rings (SSSR count). The summed E-state index contributed by atoms with van der Waals surface area (Å²) in [6.07, 6.45) is 1.02. The Kier molecular flexibility index (Phi) is 8.44. The summed E-state index contributed by atoms with van der Waals surface area (Å²) in [5.74, 6) is 0.706. The van der Waals surface area contributed by atoms with E-state index in [1.165, 1.54) is 0 Å².